The summed E-state index contributed by atoms with van der Waals surface area (Å²) < 4.78 is 8.07. The second-order valence-corrected chi connectivity index (χ2v) is 4.79. The van der Waals surface area contributed by atoms with E-state index in [9.17, 15) is 0 Å². The lowest BCUT2D eigenvalue weighted by molar-refractivity contribution is 0.413. The maximum Gasteiger partial charge on any atom is 0.129 e. The monoisotopic (exact) mass is 295 g/mol. The van der Waals surface area contributed by atoms with Gasteiger partial charge in [-0.1, -0.05) is 15.9 Å². The second-order valence-electron chi connectivity index (χ2n) is 3.87. The zero-order chi connectivity index (χ0) is 12.6. The predicted octanol–water partition coefficient (Wildman–Crippen LogP) is 2.75. The van der Waals surface area contributed by atoms with Crippen molar-refractivity contribution in [1.82, 2.24) is 9.78 Å². The van der Waals surface area contributed by atoms with Gasteiger partial charge in [0.2, 0.25) is 0 Å². The summed E-state index contributed by atoms with van der Waals surface area (Å²) in [5.74, 6) is 1.45. The number of nitrogen functional groups attached to an aromatic ring is 1. The van der Waals surface area contributed by atoms with Crippen molar-refractivity contribution < 1.29 is 4.74 Å². The first-order valence-corrected chi connectivity index (χ1v) is 5.96. The van der Waals surface area contributed by atoms with Crippen molar-refractivity contribution in [2.75, 3.05) is 12.8 Å². The number of aryl methyl sites for hydroxylation is 2. The summed E-state index contributed by atoms with van der Waals surface area (Å²) in [5.41, 5.74) is 8.88. The molecule has 0 aliphatic heterocycles. The Morgan fingerprint density at radius 2 is 2.06 bits per heavy atom. The Bertz CT molecular complexity index is 563. The third-order valence-electron chi connectivity index (χ3n) is 2.72. The van der Waals surface area contributed by atoms with Gasteiger partial charge in [0.15, 0.2) is 0 Å². The molecule has 2 rings (SSSR count). The van der Waals surface area contributed by atoms with Crippen LogP contribution in [0.5, 0.6) is 5.75 Å². The van der Waals surface area contributed by atoms with Crippen LogP contribution in [0.15, 0.2) is 22.8 Å². The minimum atomic E-state index is 0.626. The van der Waals surface area contributed by atoms with Gasteiger partial charge in [-0.2, -0.15) is 5.10 Å². The van der Waals surface area contributed by atoms with Crippen LogP contribution < -0.4 is 10.5 Å². The molecule has 1 heterocycles. The molecule has 90 valence electrons. The molecule has 0 amide bonds. The van der Waals surface area contributed by atoms with Crippen molar-refractivity contribution in [3.05, 3.63) is 28.4 Å². The van der Waals surface area contributed by atoms with E-state index in [1.54, 1.807) is 18.0 Å². The van der Waals surface area contributed by atoms with Gasteiger partial charge in [0.1, 0.15) is 11.6 Å². The molecule has 2 aromatic rings. The molecule has 5 heteroatoms. The molecule has 0 spiro atoms. The molecule has 0 saturated heterocycles. The molecule has 1 aromatic carbocycles. The number of nitrogens with zero attached hydrogens (tertiary/aromatic N) is 2. The lowest BCUT2D eigenvalue weighted by Crippen LogP contribution is -1.99. The second kappa shape index (κ2) is 4.41. The molecular formula is C12H14BrN3O. The van der Waals surface area contributed by atoms with Crippen LogP contribution in [0.4, 0.5) is 5.82 Å². The van der Waals surface area contributed by atoms with Gasteiger partial charge < -0.3 is 10.5 Å². The molecule has 0 saturated carbocycles. The van der Waals surface area contributed by atoms with Crippen LogP contribution in [0, 0.1) is 6.92 Å². The molecular weight excluding hydrogens is 282 g/mol. The first kappa shape index (κ1) is 12.0. The number of nitrogens with two attached hydrogens (primary N) is 1. The van der Waals surface area contributed by atoms with E-state index in [0.29, 0.717) is 5.82 Å². The quantitative estimate of drug-likeness (QED) is 0.927. The van der Waals surface area contributed by atoms with Crippen molar-refractivity contribution in [3.8, 4) is 16.9 Å². The van der Waals surface area contributed by atoms with Gasteiger partial charge >= 0.3 is 0 Å². The topological polar surface area (TPSA) is 53.1 Å². The lowest BCUT2D eigenvalue weighted by Gasteiger charge is -2.11. The number of methoxy groups -OCH3 is 1. The molecule has 0 radical (unpaired) electrons. The van der Waals surface area contributed by atoms with Crippen LogP contribution in [0.2, 0.25) is 0 Å². The maximum atomic E-state index is 5.99. The van der Waals surface area contributed by atoms with Crippen LogP contribution in [-0.4, -0.2) is 16.9 Å². The average Bonchev–Trinajstić information content (AvgIpc) is 2.59. The maximum absolute atomic E-state index is 5.99. The zero-order valence-electron chi connectivity index (χ0n) is 9.99. The van der Waals surface area contributed by atoms with E-state index in [1.165, 1.54) is 0 Å². The summed E-state index contributed by atoms with van der Waals surface area (Å²) >= 11 is 3.48. The Hall–Kier alpha value is -1.49. The molecule has 17 heavy (non-hydrogen) atoms. The highest BCUT2D eigenvalue weighted by atomic mass is 79.9. The third kappa shape index (κ3) is 2.02. The molecule has 0 unspecified atom stereocenters. The largest absolute Gasteiger partial charge is 0.496 e. The highest BCUT2D eigenvalue weighted by Gasteiger charge is 2.15. The highest BCUT2D eigenvalue weighted by Crippen LogP contribution is 2.37. The molecule has 0 aliphatic carbocycles. The minimum Gasteiger partial charge on any atom is -0.496 e. The van der Waals surface area contributed by atoms with Gasteiger partial charge in [-0.15, -0.1) is 0 Å². The standard InChI is InChI=1S/C12H14BrN3O/c1-7-4-8(13)5-9(11(7)17-3)10-6-15-16(2)12(10)14/h4-6H,14H2,1-3H3. The van der Waals surface area contributed by atoms with Crippen molar-refractivity contribution >= 4 is 21.7 Å². The van der Waals surface area contributed by atoms with Gasteiger partial charge in [-0.05, 0) is 24.6 Å². The fraction of sp³-hybridized carbons (Fsp3) is 0.250. The van der Waals surface area contributed by atoms with Crippen LogP contribution in [-0.2, 0) is 7.05 Å². The number of rotatable bonds is 2. The van der Waals surface area contributed by atoms with Crippen molar-refractivity contribution in [1.29, 1.82) is 0 Å². The summed E-state index contributed by atoms with van der Waals surface area (Å²) in [6, 6.07) is 3.99. The fourth-order valence-electron chi connectivity index (χ4n) is 1.86. The van der Waals surface area contributed by atoms with E-state index in [0.717, 1.165) is 26.9 Å². The summed E-state index contributed by atoms with van der Waals surface area (Å²) in [5, 5.41) is 4.15. The Morgan fingerprint density at radius 1 is 1.35 bits per heavy atom. The van der Waals surface area contributed by atoms with Crippen LogP contribution in [0.1, 0.15) is 5.56 Å². The van der Waals surface area contributed by atoms with Crippen LogP contribution in [0.25, 0.3) is 11.1 Å². The average molecular weight is 296 g/mol. The zero-order valence-corrected chi connectivity index (χ0v) is 11.6. The normalized spacial score (nSPS) is 10.6. The molecule has 0 atom stereocenters. The van der Waals surface area contributed by atoms with Gasteiger partial charge in [0.25, 0.3) is 0 Å². The van der Waals surface area contributed by atoms with Crippen LogP contribution in [0.3, 0.4) is 0 Å². The number of hydrogen-bond donors (Lipinski definition) is 1. The molecule has 4 nitrogen and oxygen atoms in total. The number of hydrogen-bond acceptors (Lipinski definition) is 3. The van der Waals surface area contributed by atoms with Gasteiger partial charge in [0, 0.05) is 22.6 Å². The van der Waals surface area contributed by atoms with Crippen molar-refractivity contribution in [2.24, 2.45) is 7.05 Å². The summed E-state index contributed by atoms with van der Waals surface area (Å²) in [6.07, 6.45) is 1.75. The minimum absolute atomic E-state index is 0.626. The molecule has 0 fully saturated rings. The van der Waals surface area contributed by atoms with Crippen LogP contribution >= 0.6 is 15.9 Å². The number of aromatic nitrogens is 2. The van der Waals surface area contributed by atoms with Gasteiger partial charge in [-0.3, -0.25) is 4.68 Å². The number of halogens is 1. The van der Waals surface area contributed by atoms with E-state index < -0.39 is 0 Å². The lowest BCUT2D eigenvalue weighted by atomic mass is 10.0. The first-order valence-electron chi connectivity index (χ1n) is 5.16. The van der Waals surface area contributed by atoms with Gasteiger partial charge in [-0.25, -0.2) is 0 Å². The Morgan fingerprint density at radius 3 is 2.59 bits per heavy atom. The predicted molar refractivity (Wildman–Crippen MR) is 72.0 cm³/mol. The molecule has 2 N–H and O–H groups in total. The smallest absolute Gasteiger partial charge is 0.129 e. The van der Waals surface area contributed by atoms with Crippen molar-refractivity contribution in [3.63, 3.8) is 0 Å². The molecule has 0 bridgehead atoms. The number of ether oxygens (including phenoxy) is 1. The first-order chi connectivity index (χ1) is 8.04. The van der Waals surface area contributed by atoms with E-state index in [2.05, 4.69) is 21.0 Å². The van der Waals surface area contributed by atoms with E-state index in [1.807, 2.05) is 26.1 Å². The Balaban J connectivity index is 2.70. The summed E-state index contributed by atoms with van der Waals surface area (Å²) in [7, 11) is 3.47. The Labute approximate surface area is 109 Å². The molecule has 0 aliphatic rings. The third-order valence-corrected chi connectivity index (χ3v) is 3.18. The SMILES string of the molecule is COc1c(C)cc(Br)cc1-c1cnn(C)c1N. The summed E-state index contributed by atoms with van der Waals surface area (Å²) in [4.78, 5) is 0. The number of benzene rings is 1. The number of anilines is 1. The van der Waals surface area contributed by atoms with Gasteiger partial charge in [0.05, 0.1) is 13.3 Å². The van der Waals surface area contributed by atoms with Crippen molar-refractivity contribution in [2.45, 2.75) is 6.92 Å². The fourth-order valence-corrected chi connectivity index (χ4v) is 2.43. The summed E-state index contributed by atoms with van der Waals surface area (Å²) in [6.45, 7) is 2.00. The van der Waals surface area contributed by atoms with E-state index in [4.69, 9.17) is 10.5 Å². The molecule has 1 aromatic heterocycles. The van der Waals surface area contributed by atoms with E-state index in [-0.39, 0.29) is 0 Å². The van der Waals surface area contributed by atoms with E-state index >= 15 is 0 Å². The highest BCUT2D eigenvalue weighted by molar-refractivity contribution is 9.10. The Kier molecular flexibility index (Phi) is 3.11.